The van der Waals surface area contributed by atoms with E-state index in [-0.39, 0.29) is 0 Å². The molecule has 0 amide bonds. The average molecular weight is 439 g/mol. The van der Waals surface area contributed by atoms with Crippen LogP contribution < -0.4 is 0 Å². The molecule has 0 nitrogen and oxygen atoms in total. The zero-order chi connectivity index (χ0) is 22.4. The van der Waals surface area contributed by atoms with Gasteiger partial charge in [0.25, 0.3) is 0 Å². The minimum Gasteiger partial charge on any atom is -0.0654 e. The molecule has 2 aliphatic rings. The second-order valence-corrected chi connectivity index (χ2v) is 11.5. The van der Waals surface area contributed by atoms with Gasteiger partial charge >= 0.3 is 0 Å². The van der Waals surface area contributed by atoms with E-state index in [1.54, 1.807) is 11.1 Å². The highest BCUT2D eigenvalue weighted by Gasteiger charge is 2.24. The minimum absolute atomic E-state index is 0.837. The second-order valence-electron chi connectivity index (χ2n) is 11.5. The SMILES string of the molecule is CCCCCCC[C@H]1CC[C@H](c2ccc([C@H]3CC[C@H](CCCCCCC)CC3)cc2)CC1. The monoisotopic (exact) mass is 438 g/mol. The molecule has 2 fully saturated rings. The molecule has 0 heterocycles. The summed E-state index contributed by atoms with van der Waals surface area (Å²) in [5.74, 6) is 3.72. The van der Waals surface area contributed by atoms with E-state index < -0.39 is 0 Å². The predicted octanol–water partition coefficient (Wildman–Crippen LogP) is 11.0. The zero-order valence-corrected chi connectivity index (χ0v) is 21.8. The highest BCUT2D eigenvalue weighted by atomic mass is 14.3. The van der Waals surface area contributed by atoms with Gasteiger partial charge in [0, 0.05) is 0 Å². The second kappa shape index (κ2) is 15.2. The topological polar surface area (TPSA) is 0 Å². The Bertz CT molecular complexity index is 516. The Morgan fingerprint density at radius 1 is 0.469 bits per heavy atom. The molecule has 0 atom stereocenters. The number of benzene rings is 1. The largest absolute Gasteiger partial charge is 0.0654 e. The van der Waals surface area contributed by atoms with Crippen molar-refractivity contribution in [2.45, 2.75) is 154 Å². The molecular formula is C32H54. The minimum atomic E-state index is 0.837. The molecular weight excluding hydrogens is 384 g/mol. The summed E-state index contributed by atoms with van der Waals surface area (Å²) in [6, 6.07) is 10.0. The van der Waals surface area contributed by atoms with E-state index in [1.807, 2.05) is 0 Å². The summed E-state index contributed by atoms with van der Waals surface area (Å²) in [6.07, 6.45) is 29.0. The van der Waals surface area contributed by atoms with Gasteiger partial charge in [-0.25, -0.2) is 0 Å². The molecule has 0 saturated heterocycles. The summed E-state index contributed by atoms with van der Waals surface area (Å²) >= 11 is 0. The van der Waals surface area contributed by atoms with E-state index in [9.17, 15) is 0 Å². The molecule has 1 aromatic rings. The van der Waals surface area contributed by atoms with Gasteiger partial charge in [-0.2, -0.15) is 0 Å². The number of rotatable bonds is 14. The van der Waals surface area contributed by atoms with Gasteiger partial charge in [0.2, 0.25) is 0 Å². The van der Waals surface area contributed by atoms with E-state index in [1.165, 1.54) is 128 Å². The van der Waals surface area contributed by atoms with Crippen molar-refractivity contribution in [3.63, 3.8) is 0 Å². The fourth-order valence-corrected chi connectivity index (χ4v) is 6.68. The average Bonchev–Trinajstić information content (AvgIpc) is 2.85. The van der Waals surface area contributed by atoms with Crippen LogP contribution in [0.1, 0.15) is 165 Å². The Balaban J connectivity index is 1.32. The lowest BCUT2D eigenvalue weighted by Crippen LogP contribution is -2.14. The van der Waals surface area contributed by atoms with Crippen LogP contribution in [0, 0.1) is 11.8 Å². The van der Waals surface area contributed by atoms with Gasteiger partial charge in [-0.3, -0.25) is 0 Å². The molecule has 0 aliphatic heterocycles. The normalized spacial score (nSPS) is 26.3. The standard InChI is InChI=1S/C32H54/c1-3-5-7-9-11-13-27-15-19-29(20-16-27)31-23-25-32(26-24-31)30-21-17-28(18-22-30)14-12-10-8-6-4-2/h23-30H,3-22H2,1-2H3/t27-,28-,29-,30-. The van der Waals surface area contributed by atoms with E-state index in [0.717, 1.165) is 23.7 Å². The molecule has 32 heavy (non-hydrogen) atoms. The van der Waals surface area contributed by atoms with Crippen molar-refractivity contribution in [2.75, 3.05) is 0 Å². The summed E-state index contributed by atoms with van der Waals surface area (Å²) in [5, 5.41) is 0. The third kappa shape index (κ3) is 8.87. The maximum Gasteiger partial charge on any atom is -0.0162 e. The van der Waals surface area contributed by atoms with Crippen molar-refractivity contribution in [1.29, 1.82) is 0 Å². The summed E-state index contributed by atoms with van der Waals surface area (Å²) in [6.45, 7) is 4.63. The molecule has 0 unspecified atom stereocenters. The van der Waals surface area contributed by atoms with Crippen LogP contribution in [-0.2, 0) is 0 Å². The lowest BCUT2D eigenvalue weighted by Gasteiger charge is -2.30. The van der Waals surface area contributed by atoms with Crippen LogP contribution in [0.3, 0.4) is 0 Å². The van der Waals surface area contributed by atoms with Crippen molar-refractivity contribution in [3.05, 3.63) is 35.4 Å². The van der Waals surface area contributed by atoms with Gasteiger partial charge in [0.15, 0.2) is 0 Å². The Labute approximate surface area is 201 Å². The van der Waals surface area contributed by atoms with Crippen LogP contribution >= 0.6 is 0 Å². The Hall–Kier alpha value is -0.780. The van der Waals surface area contributed by atoms with Gasteiger partial charge < -0.3 is 0 Å². The summed E-state index contributed by atoms with van der Waals surface area (Å²) in [5.41, 5.74) is 3.27. The Kier molecular flexibility index (Phi) is 12.3. The third-order valence-electron chi connectivity index (χ3n) is 9.00. The summed E-state index contributed by atoms with van der Waals surface area (Å²) in [4.78, 5) is 0. The smallest absolute Gasteiger partial charge is 0.0162 e. The van der Waals surface area contributed by atoms with E-state index in [4.69, 9.17) is 0 Å². The zero-order valence-electron chi connectivity index (χ0n) is 21.8. The predicted molar refractivity (Wildman–Crippen MR) is 143 cm³/mol. The lowest BCUT2D eigenvalue weighted by atomic mass is 9.75. The maximum atomic E-state index is 2.50. The maximum absolute atomic E-state index is 2.50. The van der Waals surface area contributed by atoms with E-state index in [0.29, 0.717) is 0 Å². The number of hydrogen-bond donors (Lipinski definition) is 0. The van der Waals surface area contributed by atoms with Crippen molar-refractivity contribution in [3.8, 4) is 0 Å². The molecule has 0 spiro atoms. The first-order chi connectivity index (χ1) is 15.8. The van der Waals surface area contributed by atoms with Crippen LogP contribution in [0.2, 0.25) is 0 Å². The van der Waals surface area contributed by atoms with Gasteiger partial charge in [0.05, 0.1) is 0 Å². The molecule has 3 rings (SSSR count). The van der Waals surface area contributed by atoms with Crippen molar-refractivity contribution in [1.82, 2.24) is 0 Å². The summed E-state index contributed by atoms with van der Waals surface area (Å²) < 4.78 is 0. The van der Waals surface area contributed by atoms with Crippen LogP contribution in [0.4, 0.5) is 0 Å². The van der Waals surface area contributed by atoms with Crippen LogP contribution in [0.15, 0.2) is 24.3 Å². The van der Waals surface area contributed by atoms with Crippen molar-refractivity contribution in [2.24, 2.45) is 11.8 Å². The van der Waals surface area contributed by atoms with Crippen molar-refractivity contribution >= 4 is 0 Å². The molecule has 0 N–H and O–H groups in total. The Morgan fingerprint density at radius 3 is 1.16 bits per heavy atom. The van der Waals surface area contributed by atoms with Crippen molar-refractivity contribution < 1.29 is 0 Å². The number of hydrogen-bond acceptors (Lipinski definition) is 0. The van der Waals surface area contributed by atoms with Crippen LogP contribution in [0.5, 0.6) is 0 Å². The molecule has 182 valence electrons. The molecule has 0 bridgehead atoms. The highest BCUT2D eigenvalue weighted by molar-refractivity contribution is 5.28. The molecule has 1 aromatic carbocycles. The van der Waals surface area contributed by atoms with E-state index >= 15 is 0 Å². The van der Waals surface area contributed by atoms with E-state index in [2.05, 4.69) is 38.1 Å². The fourth-order valence-electron chi connectivity index (χ4n) is 6.68. The first kappa shape index (κ1) is 25.8. The van der Waals surface area contributed by atoms with Gasteiger partial charge in [-0.05, 0) is 86.2 Å². The lowest BCUT2D eigenvalue weighted by molar-refractivity contribution is 0.300. The fraction of sp³-hybridized carbons (Fsp3) is 0.812. The summed E-state index contributed by atoms with van der Waals surface area (Å²) in [7, 11) is 0. The molecule has 0 aromatic heterocycles. The molecule has 2 saturated carbocycles. The van der Waals surface area contributed by atoms with Crippen LogP contribution in [-0.4, -0.2) is 0 Å². The molecule has 0 radical (unpaired) electrons. The number of unbranched alkanes of at least 4 members (excludes halogenated alkanes) is 8. The quantitative estimate of drug-likeness (QED) is 0.253. The van der Waals surface area contributed by atoms with Gasteiger partial charge in [-0.1, -0.05) is 115 Å². The first-order valence-corrected chi connectivity index (χ1v) is 14.9. The molecule has 2 aliphatic carbocycles. The third-order valence-corrected chi connectivity index (χ3v) is 9.00. The van der Waals surface area contributed by atoms with Crippen LogP contribution in [0.25, 0.3) is 0 Å². The van der Waals surface area contributed by atoms with Gasteiger partial charge in [-0.15, -0.1) is 0 Å². The first-order valence-electron chi connectivity index (χ1n) is 14.9. The highest BCUT2D eigenvalue weighted by Crippen LogP contribution is 2.40. The van der Waals surface area contributed by atoms with Gasteiger partial charge in [0.1, 0.15) is 0 Å². The Morgan fingerprint density at radius 2 is 0.812 bits per heavy atom. The molecule has 0 heteroatoms.